The largest absolute Gasteiger partial charge is 0.457 e. The average Bonchev–Trinajstić information content (AvgIpc) is 2.41. The fraction of sp³-hybridized carbons (Fsp3) is 0.294. The van der Waals surface area contributed by atoms with Crippen LogP contribution in [0.3, 0.4) is 0 Å². The molecule has 0 heterocycles. The van der Waals surface area contributed by atoms with Crippen LogP contribution in [0, 0.1) is 6.92 Å². The van der Waals surface area contributed by atoms with Crippen LogP contribution in [0.1, 0.15) is 30.9 Å². The summed E-state index contributed by atoms with van der Waals surface area (Å²) >= 11 is 0. The molecule has 1 heteroatoms. The van der Waals surface area contributed by atoms with Crippen LogP contribution in [0.5, 0.6) is 11.5 Å². The number of hydrogen-bond acceptors (Lipinski definition) is 1. The molecule has 2 aromatic rings. The third-order valence-electron chi connectivity index (χ3n) is 3.00. The van der Waals surface area contributed by atoms with Gasteiger partial charge in [-0.25, -0.2) is 0 Å². The van der Waals surface area contributed by atoms with Gasteiger partial charge in [0, 0.05) is 0 Å². The molecular formula is C17H20O. The lowest BCUT2D eigenvalue weighted by Crippen LogP contribution is -1.87. The molecule has 18 heavy (non-hydrogen) atoms. The van der Waals surface area contributed by atoms with Gasteiger partial charge in [0.25, 0.3) is 0 Å². The highest BCUT2D eigenvalue weighted by molar-refractivity contribution is 5.34. The maximum Gasteiger partial charge on any atom is 0.127 e. The monoisotopic (exact) mass is 240 g/mol. The first kappa shape index (κ1) is 12.7. The summed E-state index contributed by atoms with van der Waals surface area (Å²) in [4.78, 5) is 0. The van der Waals surface area contributed by atoms with Crippen LogP contribution in [0.15, 0.2) is 48.5 Å². The summed E-state index contributed by atoms with van der Waals surface area (Å²) in [6, 6.07) is 16.5. The van der Waals surface area contributed by atoms with Crippen molar-refractivity contribution in [2.75, 3.05) is 0 Å². The van der Waals surface area contributed by atoms with Gasteiger partial charge >= 0.3 is 0 Å². The second-order valence-corrected chi connectivity index (χ2v) is 4.66. The zero-order valence-corrected chi connectivity index (χ0v) is 11.1. The van der Waals surface area contributed by atoms with Crippen molar-refractivity contribution in [2.24, 2.45) is 0 Å². The minimum absolute atomic E-state index is 0.891. The van der Waals surface area contributed by atoms with Gasteiger partial charge in [0.15, 0.2) is 0 Å². The van der Waals surface area contributed by atoms with Crippen molar-refractivity contribution in [3.05, 3.63) is 59.7 Å². The quantitative estimate of drug-likeness (QED) is 0.704. The Labute approximate surface area is 109 Å². The highest BCUT2D eigenvalue weighted by Crippen LogP contribution is 2.22. The zero-order valence-electron chi connectivity index (χ0n) is 11.1. The van der Waals surface area contributed by atoms with Crippen molar-refractivity contribution in [2.45, 2.75) is 33.1 Å². The fourth-order valence-corrected chi connectivity index (χ4v) is 1.85. The summed E-state index contributed by atoms with van der Waals surface area (Å²) in [6.07, 6.45) is 3.64. The van der Waals surface area contributed by atoms with E-state index in [9.17, 15) is 0 Å². The van der Waals surface area contributed by atoms with Crippen LogP contribution in [-0.4, -0.2) is 0 Å². The smallest absolute Gasteiger partial charge is 0.127 e. The number of rotatable bonds is 5. The van der Waals surface area contributed by atoms with Crippen LogP contribution in [-0.2, 0) is 6.42 Å². The third-order valence-corrected chi connectivity index (χ3v) is 3.00. The molecule has 0 aliphatic carbocycles. The Morgan fingerprint density at radius 2 is 1.39 bits per heavy atom. The lowest BCUT2D eigenvalue weighted by Gasteiger charge is -2.07. The van der Waals surface area contributed by atoms with Crippen LogP contribution in [0.4, 0.5) is 0 Å². The van der Waals surface area contributed by atoms with Gasteiger partial charge in [-0.05, 0) is 49.6 Å². The lowest BCUT2D eigenvalue weighted by atomic mass is 10.1. The van der Waals surface area contributed by atoms with Crippen molar-refractivity contribution in [3.63, 3.8) is 0 Å². The molecule has 0 fully saturated rings. The molecule has 0 bridgehead atoms. The standard InChI is InChI=1S/C17H20O/c1-3-4-5-15-8-12-17(13-9-15)18-16-10-6-14(2)7-11-16/h6-13H,3-5H2,1-2H3. The topological polar surface area (TPSA) is 9.23 Å². The van der Waals surface area contributed by atoms with E-state index in [-0.39, 0.29) is 0 Å². The van der Waals surface area contributed by atoms with Crippen molar-refractivity contribution >= 4 is 0 Å². The molecule has 0 spiro atoms. The molecule has 0 saturated heterocycles. The number of aryl methyl sites for hydroxylation is 2. The maximum absolute atomic E-state index is 5.79. The van der Waals surface area contributed by atoms with Crippen LogP contribution in [0.25, 0.3) is 0 Å². The van der Waals surface area contributed by atoms with Crippen LogP contribution >= 0.6 is 0 Å². The number of unbranched alkanes of at least 4 members (excludes halogenated alkanes) is 1. The van der Waals surface area contributed by atoms with Gasteiger partial charge in [-0.3, -0.25) is 0 Å². The predicted molar refractivity (Wildman–Crippen MR) is 76.3 cm³/mol. The Kier molecular flexibility index (Phi) is 4.40. The van der Waals surface area contributed by atoms with E-state index in [0.29, 0.717) is 0 Å². The average molecular weight is 240 g/mol. The normalized spacial score (nSPS) is 10.3. The van der Waals surface area contributed by atoms with E-state index >= 15 is 0 Å². The molecule has 0 aliphatic heterocycles. The van der Waals surface area contributed by atoms with Gasteiger partial charge in [-0.1, -0.05) is 43.2 Å². The minimum atomic E-state index is 0.891. The molecule has 0 N–H and O–H groups in total. The number of ether oxygens (including phenoxy) is 1. The Morgan fingerprint density at radius 1 is 0.833 bits per heavy atom. The highest BCUT2D eigenvalue weighted by atomic mass is 16.5. The van der Waals surface area contributed by atoms with Gasteiger partial charge < -0.3 is 4.74 Å². The Bertz CT molecular complexity index is 468. The molecule has 2 aromatic carbocycles. The second-order valence-electron chi connectivity index (χ2n) is 4.66. The van der Waals surface area contributed by atoms with E-state index < -0.39 is 0 Å². The summed E-state index contributed by atoms with van der Waals surface area (Å²) in [5.74, 6) is 1.79. The van der Waals surface area contributed by atoms with E-state index in [1.54, 1.807) is 0 Å². The van der Waals surface area contributed by atoms with Crippen molar-refractivity contribution in [1.82, 2.24) is 0 Å². The summed E-state index contributed by atoms with van der Waals surface area (Å²) in [6.45, 7) is 4.29. The maximum atomic E-state index is 5.79. The number of benzene rings is 2. The lowest BCUT2D eigenvalue weighted by molar-refractivity contribution is 0.482. The van der Waals surface area contributed by atoms with Crippen molar-refractivity contribution < 1.29 is 4.74 Å². The fourth-order valence-electron chi connectivity index (χ4n) is 1.85. The SMILES string of the molecule is CCCCc1ccc(Oc2ccc(C)cc2)cc1. The zero-order chi connectivity index (χ0) is 12.8. The van der Waals surface area contributed by atoms with Crippen molar-refractivity contribution in [1.29, 1.82) is 0 Å². The Balaban J connectivity index is 1.99. The molecule has 0 aromatic heterocycles. The van der Waals surface area contributed by atoms with E-state index in [1.165, 1.54) is 24.0 Å². The van der Waals surface area contributed by atoms with Gasteiger partial charge in [0.2, 0.25) is 0 Å². The van der Waals surface area contributed by atoms with Gasteiger partial charge in [-0.15, -0.1) is 0 Å². The van der Waals surface area contributed by atoms with Crippen LogP contribution in [0.2, 0.25) is 0 Å². The molecular weight excluding hydrogens is 220 g/mol. The first-order chi connectivity index (χ1) is 8.78. The van der Waals surface area contributed by atoms with E-state index in [4.69, 9.17) is 4.74 Å². The summed E-state index contributed by atoms with van der Waals surface area (Å²) in [5, 5.41) is 0. The summed E-state index contributed by atoms with van der Waals surface area (Å²) < 4.78 is 5.79. The molecule has 94 valence electrons. The molecule has 0 saturated carbocycles. The van der Waals surface area contributed by atoms with Crippen LogP contribution < -0.4 is 4.74 Å². The minimum Gasteiger partial charge on any atom is -0.457 e. The third kappa shape index (κ3) is 3.63. The summed E-state index contributed by atoms with van der Waals surface area (Å²) in [5.41, 5.74) is 2.63. The van der Waals surface area contributed by atoms with E-state index in [2.05, 4.69) is 38.1 Å². The van der Waals surface area contributed by atoms with Gasteiger partial charge in [0.1, 0.15) is 11.5 Å². The van der Waals surface area contributed by atoms with E-state index in [0.717, 1.165) is 17.9 Å². The predicted octanol–water partition coefficient (Wildman–Crippen LogP) is 5.13. The molecule has 0 atom stereocenters. The summed E-state index contributed by atoms with van der Waals surface area (Å²) in [7, 11) is 0. The molecule has 0 radical (unpaired) electrons. The molecule has 2 rings (SSSR count). The molecule has 0 unspecified atom stereocenters. The van der Waals surface area contributed by atoms with Crippen molar-refractivity contribution in [3.8, 4) is 11.5 Å². The highest BCUT2D eigenvalue weighted by Gasteiger charge is 1.98. The van der Waals surface area contributed by atoms with E-state index in [1.807, 2.05) is 24.3 Å². The first-order valence-corrected chi connectivity index (χ1v) is 6.61. The first-order valence-electron chi connectivity index (χ1n) is 6.61. The molecule has 1 nitrogen and oxygen atoms in total. The van der Waals surface area contributed by atoms with Gasteiger partial charge in [-0.2, -0.15) is 0 Å². The molecule has 0 amide bonds. The Hall–Kier alpha value is -1.76. The second kappa shape index (κ2) is 6.25. The number of hydrogen-bond donors (Lipinski definition) is 0. The molecule has 0 aliphatic rings. The Morgan fingerprint density at radius 3 is 1.94 bits per heavy atom. The van der Waals surface area contributed by atoms with Gasteiger partial charge in [0.05, 0.1) is 0 Å².